The Labute approximate surface area is 115 Å². The smallest absolute Gasteiger partial charge is 0.132 e. The van der Waals surface area contributed by atoms with Crippen molar-refractivity contribution in [2.75, 3.05) is 0 Å². The van der Waals surface area contributed by atoms with Crippen molar-refractivity contribution in [1.29, 1.82) is 0 Å². The van der Waals surface area contributed by atoms with Gasteiger partial charge in [-0.3, -0.25) is 0 Å². The molecule has 100 valence electrons. The van der Waals surface area contributed by atoms with Gasteiger partial charge in [-0.05, 0) is 30.5 Å². The second kappa shape index (κ2) is 5.89. The van der Waals surface area contributed by atoms with E-state index in [4.69, 9.17) is 10.5 Å². The second-order valence-electron chi connectivity index (χ2n) is 5.12. The van der Waals surface area contributed by atoms with Crippen molar-refractivity contribution in [3.05, 3.63) is 59.7 Å². The third-order valence-corrected chi connectivity index (χ3v) is 3.17. The quantitative estimate of drug-likeness (QED) is 0.865. The highest BCUT2D eigenvalue weighted by molar-refractivity contribution is 5.43. The third kappa shape index (κ3) is 3.15. The standard InChI is InChI=1S/C17H21NO/c1-12(2)14-8-4-6-10-16(14)19-17-11-7-5-9-15(17)13(3)18/h4-13H,18H2,1-3H3/t13-/m0/s1. The number of ether oxygens (including phenoxy) is 1. The molecule has 0 amide bonds. The number of hydrogen-bond donors (Lipinski definition) is 1. The highest BCUT2D eigenvalue weighted by Gasteiger charge is 2.11. The SMILES string of the molecule is CC(C)c1ccccc1Oc1ccccc1[C@H](C)N. The van der Waals surface area contributed by atoms with Crippen LogP contribution >= 0.6 is 0 Å². The minimum absolute atomic E-state index is 0.0394. The lowest BCUT2D eigenvalue weighted by molar-refractivity contribution is 0.463. The molecule has 0 saturated carbocycles. The molecule has 2 N–H and O–H groups in total. The van der Waals surface area contributed by atoms with Crippen LogP contribution in [0.5, 0.6) is 11.5 Å². The molecule has 2 aromatic rings. The summed E-state index contributed by atoms with van der Waals surface area (Å²) in [6, 6.07) is 16.0. The molecular weight excluding hydrogens is 234 g/mol. The van der Waals surface area contributed by atoms with Crippen molar-refractivity contribution in [1.82, 2.24) is 0 Å². The summed E-state index contributed by atoms with van der Waals surface area (Å²) in [6.45, 7) is 6.30. The maximum Gasteiger partial charge on any atom is 0.132 e. The van der Waals surface area contributed by atoms with Gasteiger partial charge < -0.3 is 10.5 Å². The minimum Gasteiger partial charge on any atom is -0.457 e. The van der Waals surface area contributed by atoms with Crippen molar-refractivity contribution >= 4 is 0 Å². The predicted octanol–water partition coefficient (Wildman–Crippen LogP) is 4.62. The molecule has 0 unspecified atom stereocenters. The van der Waals surface area contributed by atoms with E-state index < -0.39 is 0 Å². The number of hydrogen-bond acceptors (Lipinski definition) is 2. The average molecular weight is 255 g/mol. The van der Waals surface area contributed by atoms with E-state index >= 15 is 0 Å². The van der Waals surface area contributed by atoms with Crippen LogP contribution in [0.4, 0.5) is 0 Å². The fourth-order valence-electron chi connectivity index (χ4n) is 2.12. The van der Waals surface area contributed by atoms with Crippen molar-refractivity contribution in [3.8, 4) is 11.5 Å². The molecular formula is C17H21NO. The van der Waals surface area contributed by atoms with Gasteiger partial charge >= 0.3 is 0 Å². The van der Waals surface area contributed by atoms with Crippen LogP contribution in [0.1, 0.15) is 43.9 Å². The summed E-state index contributed by atoms with van der Waals surface area (Å²) in [7, 11) is 0. The van der Waals surface area contributed by atoms with Crippen LogP contribution in [0.2, 0.25) is 0 Å². The topological polar surface area (TPSA) is 35.2 Å². The largest absolute Gasteiger partial charge is 0.457 e. The number of rotatable bonds is 4. The predicted molar refractivity (Wildman–Crippen MR) is 79.6 cm³/mol. The molecule has 0 aliphatic carbocycles. The van der Waals surface area contributed by atoms with Gasteiger partial charge in [-0.2, -0.15) is 0 Å². The van der Waals surface area contributed by atoms with E-state index in [9.17, 15) is 0 Å². The Morgan fingerprint density at radius 2 is 1.26 bits per heavy atom. The lowest BCUT2D eigenvalue weighted by Gasteiger charge is -2.17. The summed E-state index contributed by atoms with van der Waals surface area (Å²) < 4.78 is 6.08. The van der Waals surface area contributed by atoms with Gasteiger partial charge in [0.25, 0.3) is 0 Å². The monoisotopic (exact) mass is 255 g/mol. The van der Waals surface area contributed by atoms with Gasteiger partial charge in [0.05, 0.1) is 0 Å². The summed E-state index contributed by atoms with van der Waals surface area (Å²) in [5.74, 6) is 2.18. The van der Waals surface area contributed by atoms with Crippen molar-refractivity contribution in [3.63, 3.8) is 0 Å². The van der Waals surface area contributed by atoms with E-state index in [-0.39, 0.29) is 6.04 Å². The molecule has 2 heteroatoms. The van der Waals surface area contributed by atoms with Gasteiger partial charge in [0.1, 0.15) is 11.5 Å². The summed E-state index contributed by atoms with van der Waals surface area (Å²) in [4.78, 5) is 0. The molecule has 0 aromatic heterocycles. The molecule has 0 spiro atoms. The van der Waals surface area contributed by atoms with Gasteiger partial charge in [0.15, 0.2) is 0 Å². The van der Waals surface area contributed by atoms with E-state index in [1.165, 1.54) is 5.56 Å². The first-order valence-electron chi connectivity index (χ1n) is 6.71. The lowest BCUT2D eigenvalue weighted by atomic mass is 10.0. The van der Waals surface area contributed by atoms with Crippen molar-refractivity contribution in [2.45, 2.75) is 32.7 Å². The molecule has 0 saturated heterocycles. The van der Waals surface area contributed by atoms with Crippen molar-refractivity contribution in [2.24, 2.45) is 5.73 Å². The molecule has 0 aliphatic rings. The van der Waals surface area contributed by atoms with E-state index in [0.717, 1.165) is 17.1 Å². The Balaban J connectivity index is 2.37. The highest BCUT2D eigenvalue weighted by atomic mass is 16.5. The van der Waals surface area contributed by atoms with Crippen molar-refractivity contribution < 1.29 is 4.74 Å². The van der Waals surface area contributed by atoms with Crippen LogP contribution in [-0.4, -0.2) is 0 Å². The Hall–Kier alpha value is -1.80. The molecule has 0 fully saturated rings. The van der Waals surface area contributed by atoms with Crippen LogP contribution in [0.3, 0.4) is 0 Å². The first kappa shape index (κ1) is 13.6. The van der Waals surface area contributed by atoms with Crippen LogP contribution < -0.4 is 10.5 Å². The van der Waals surface area contributed by atoms with Gasteiger partial charge in [-0.15, -0.1) is 0 Å². The van der Waals surface area contributed by atoms with Gasteiger partial charge in [0, 0.05) is 11.6 Å². The number of nitrogens with two attached hydrogens (primary N) is 1. The number of para-hydroxylation sites is 2. The molecule has 19 heavy (non-hydrogen) atoms. The van der Waals surface area contributed by atoms with Gasteiger partial charge in [-0.25, -0.2) is 0 Å². The number of benzene rings is 2. The van der Waals surface area contributed by atoms with E-state index in [1.807, 2.05) is 49.4 Å². The molecule has 0 bridgehead atoms. The zero-order valence-corrected chi connectivity index (χ0v) is 11.8. The molecule has 1 atom stereocenters. The average Bonchev–Trinajstić information content (AvgIpc) is 2.39. The zero-order valence-electron chi connectivity index (χ0n) is 11.8. The summed E-state index contributed by atoms with van der Waals surface area (Å²) >= 11 is 0. The molecule has 2 aromatic carbocycles. The second-order valence-corrected chi connectivity index (χ2v) is 5.12. The van der Waals surface area contributed by atoms with E-state index in [1.54, 1.807) is 0 Å². The van der Waals surface area contributed by atoms with E-state index in [0.29, 0.717) is 5.92 Å². The summed E-state index contributed by atoms with van der Waals surface area (Å²) in [5, 5.41) is 0. The Morgan fingerprint density at radius 3 is 1.79 bits per heavy atom. The molecule has 0 aliphatic heterocycles. The maximum absolute atomic E-state index is 6.08. The zero-order chi connectivity index (χ0) is 13.8. The minimum atomic E-state index is -0.0394. The van der Waals surface area contributed by atoms with Crippen LogP contribution in [0, 0.1) is 0 Å². The fourth-order valence-corrected chi connectivity index (χ4v) is 2.12. The molecule has 0 radical (unpaired) electrons. The van der Waals surface area contributed by atoms with Gasteiger partial charge in [0.2, 0.25) is 0 Å². The summed E-state index contributed by atoms with van der Waals surface area (Å²) in [6.07, 6.45) is 0. The third-order valence-electron chi connectivity index (χ3n) is 3.17. The first-order chi connectivity index (χ1) is 9.09. The maximum atomic E-state index is 6.08. The molecule has 2 nitrogen and oxygen atoms in total. The van der Waals surface area contributed by atoms with Gasteiger partial charge in [-0.1, -0.05) is 50.2 Å². The Kier molecular flexibility index (Phi) is 4.23. The van der Waals surface area contributed by atoms with Crippen LogP contribution in [0.15, 0.2) is 48.5 Å². The highest BCUT2D eigenvalue weighted by Crippen LogP contribution is 2.33. The van der Waals surface area contributed by atoms with Crippen LogP contribution in [0.25, 0.3) is 0 Å². The Morgan fingerprint density at radius 1 is 0.789 bits per heavy atom. The normalized spacial score (nSPS) is 12.5. The van der Waals surface area contributed by atoms with E-state index in [2.05, 4.69) is 19.9 Å². The van der Waals surface area contributed by atoms with Crippen LogP contribution in [-0.2, 0) is 0 Å². The molecule has 2 rings (SSSR count). The Bertz CT molecular complexity index is 497. The lowest BCUT2D eigenvalue weighted by Crippen LogP contribution is -2.06. The summed E-state index contributed by atoms with van der Waals surface area (Å²) in [5.41, 5.74) is 8.22. The first-order valence-corrected chi connectivity index (χ1v) is 6.71. The molecule has 0 heterocycles. The fraction of sp³-hybridized carbons (Fsp3) is 0.294.